The molecule has 0 saturated carbocycles. The SMILES string of the molecule is c1cc2cc(-c3cnc(N4CCNCC4)cn3)cnc2[nH]1. The summed E-state index contributed by atoms with van der Waals surface area (Å²) in [6.45, 7) is 3.95. The molecule has 0 atom stereocenters. The van der Waals surface area contributed by atoms with Gasteiger partial charge in [0, 0.05) is 49.5 Å². The highest BCUT2D eigenvalue weighted by atomic mass is 15.2. The van der Waals surface area contributed by atoms with E-state index < -0.39 is 0 Å². The van der Waals surface area contributed by atoms with Crippen molar-refractivity contribution in [1.29, 1.82) is 0 Å². The van der Waals surface area contributed by atoms with Gasteiger partial charge in [0.1, 0.15) is 11.5 Å². The maximum absolute atomic E-state index is 4.55. The Bertz CT molecular complexity index is 742. The van der Waals surface area contributed by atoms with Crippen LogP contribution in [0, 0.1) is 0 Å². The first-order chi connectivity index (χ1) is 10.4. The summed E-state index contributed by atoms with van der Waals surface area (Å²) in [5, 5.41) is 4.42. The minimum atomic E-state index is 0.851. The molecular formula is C15H16N6. The van der Waals surface area contributed by atoms with Gasteiger partial charge in [-0.3, -0.25) is 4.98 Å². The van der Waals surface area contributed by atoms with Crippen molar-refractivity contribution in [3.63, 3.8) is 0 Å². The second-order valence-corrected chi connectivity index (χ2v) is 5.14. The van der Waals surface area contributed by atoms with Gasteiger partial charge in [-0.1, -0.05) is 0 Å². The first kappa shape index (κ1) is 12.3. The Morgan fingerprint density at radius 3 is 2.71 bits per heavy atom. The number of pyridine rings is 1. The van der Waals surface area contributed by atoms with Crippen LogP contribution in [0.5, 0.6) is 0 Å². The summed E-state index contributed by atoms with van der Waals surface area (Å²) >= 11 is 0. The van der Waals surface area contributed by atoms with E-state index in [1.807, 2.05) is 30.9 Å². The minimum Gasteiger partial charge on any atom is -0.353 e. The lowest BCUT2D eigenvalue weighted by atomic mass is 10.2. The molecule has 0 unspecified atom stereocenters. The average molecular weight is 280 g/mol. The van der Waals surface area contributed by atoms with Gasteiger partial charge in [0.2, 0.25) is 0 Å². The highest BCUT2D eigenvalue weighted by Gasteiger charge is 2.12. The van der Waals surface area contributed by atoms with Crippen LogP contribution in [-0.2, 0) is 0 Å². The van der Waals surface area contributed by atoms with Crippen molar-refractivity contribution in [1.82, 2.24) is 25.3 Å². The third kappa shape index (κ3) is 2.34. The maximum Gasteiger partial charge on any atom is 0.147 e. The third-order valence-electron chi connectivity index (χ3n) is 3.78. The molecule has 3 aromatic heterocycles. The highest BCUT2D eigenvalue weighted by molar-refractivity contribution is 5.80. The maximum atomic E-state index is 4.55. The average Bonchev–Trinajstić information content (AvgIpc) is 3.03. The first-order valence-corrected chi connectivity index (χ1v) is 7.11. The molecule has 4 rings (SSSR count). The van der Waals surface area contributed by atoms with Crippen LogP contribution in [0.3, 0.4) is 0 Å². The van der Waals surface area contributed by atoms with Crippen LogP contribution < -0.4 is 10.2 Å². The number of aromatic amines is 1. The molecule has 0 aliphatic carbocycles. The molecule has 0 bridgehead atoms. The summed E-state index contributed by atoms with van der Waals surface area (Å²) in [4.78, 5) is 18.8. The van der Waals surface area contributed by atoms with E-state index in [2.05, 4.69) is 36.2 Å². The summed E-state index contributed by atoms with van der Waals surface area (Å²) in [6, 6.07) is 4.09. The molecule has 2 N–H and O–H groups in total. The standard InChI is InChI=1S/C15H16N6/c1-2-17-15-11(1)7-12(8-20-15)13-9-19-14(10-18-13)21-5-3-16-4-6-21/h1-2,7-10,16H,3-6H2,(H,17,20). The Balaban J connectivity index is 1.62. The van der Waals surface area contributed by atoms with Gasteiger partial charge in [-0.2, -0.15) is 0 Å². The van der Waals surface area contributed by atoms with Gasteiger partial charge in [-0.05, 0) is 12.1 Å². The fraction of sp³-hybridized carbons (Fsp3) is 0.267. The Kier molecular flexibility index (Phi) is 3.01. The van der Waals surface area contributed by atoms with Crippen LogP contribution in [-0.4, -0.2) is 46.1 Å². The number of aromatic nitrogens is 4. The lowest BCUT2D eigenvalue weighted by Gasteiger charge is -2.28. The zero-order valence-corrected chi connectivity index (χ0v) is 11.6. The minimum absolute atomic E-state index is 0.851. The smallest absolute Gasteiger partial charge is 0.147 e. The van der Waals surface area contributed by atoms with Gasteiger partial charge >= 0.3 is 0 Å². The molecule has 1 fully saturated rings. The monoisotopic (exact) mass is 280 g/mol. The van der Waals surface area contributed by atoms with Crippen LogP contribution in [0.4, 0.5) is 5.82 Å². The predicted octanol–water partition coefficient (Wildman–Crippen LogP) is 1.43. The largest absolute Gasteiger partial charge is 0.353 e. The molecule has 1 aliphatic heterocycles. The van der Waals surface area contributed by atoms with E-state index in [-0.39, 0.29) is 0 Å². The van der Waals surface area contributed by atoms with E-state index in [9.17, 15) is 0 Å². The molecular weight excluding hydrogens is 264 g/mol. The van der Waals surface area contributed by atoms with E-state index in [0.29, 0.717) is 0 Å². The molecule has 4 heterocycles. The molecule has 3 aromatic rings. The van der Waals surface area contributed by atoms with Crippen LogP contribution in [0.25, 0.3) is 22.3 Å². The van der Waals surface area contributed by atoms with E-state index in [1.54, 1.807) is 0 Å². The molecule has 21 heavy (non-hydrogen) atoms. The van der Waals surface area contributed by atoms with E-state index >= 15 is 0 Å². The second-order valence-electron chi connectivity index (χ2n) is 5.14. The zero-order valence-electron chi connectivity index (χ0n) is 11.6. The van der Waals surface area contributed by atoms with Gasteiger partial charge in [-0.15, -0.1) is 0 Å². The number of nitrogens with one attached hydrogen (secondary N) is 2. The topological polar surface area (TPSA) is 69.7 Å². The van der Waals surface area contributed by atoms with E-state index in [0.717, 1.165) is 54.3 Å². The summed E-state index contributed by atoms with van der Waals surface area (Å²) in [5.74, 6) is 0.941. The second kappa shape index (κ2) is 5.14. The molecule has 6 heteroatoms. The van der Waals surface area contributed by atoms with Crippen LogP contribution in [0.15, 0.2) is 36.9 Å². The lowest BCUT2D eigenvalue weighted by Crippen LogP contribution is -2.43. The Morgan fingerprint density at radius 2 is 1.90 bits per heavy atom. The number of hydrogen-bond donors (Lipinski definition) is 2. The molecule has 0 amide bonds. The number of anilines is 1. The number of H-pyrrole nitrogens is 1. The van der Waals surface area contributed by atoms with Crippen molar-refractivity contribution < 1.29 is 0 Å². The number of piperazine rings is 1. The highest BCUT2D eigenvalue weighted by Crippen LogP contribution is 2.21. The van der Waals surface area contributed by atoms with Gasteiger partial charge in [0.25, 0.3) is 0 Å². The normalized spacial score (nSPS) is 15.5. The Morgan fingerprint density at radius 1 is 1.00 bits per heavy atom. The van der Waals surface area contributed by atoms with Gasteiger partial charge in [-0.25, -0.2) is 9.97 Å². The zero-order chi connectivity index (χ0) is 14.1. The number of fused-ring (bicyclic) bond motifs is 1. The molecule has 0 aromatic carbocycles. The van der Waals surface area contributed by atoms with Crippen molar-refractivity contribution in [2.75, 3.05) is 31.1 Å². The van der Waals surface area contributed by atoms with Gasteiger partial charge < -0.3 is 15.2 Å². The molecule has 1 aliphatic rings. The molecule has 0 spiro atoms. The molecule has 106 valence electrons. The van der Waals surface area contributed by atoms with Crippen molar-refractivity contribution in [2.24, 2.45) is 0 Å². The molecule has 6 nitrogen and oxygen atoms in total. The van der Waals surface area contributed by atoms with Crippen LogP contribution in [0.2, 0.25) is 0 Å². The number of hydrogen-bond acceptors (Lipinski definition) is 5. The number of nitrogens with zero attached hydrogens (tertiary/aromatic N) is 4. The van der Waals surface area contributed by atoms with Gasteiger partial charge in [0.05, 0.1) is 18.1 Å². The van der Waals surface area contributed by atoms with E-state index in [4.69, 9.17) is 0 Å². The summed E-state index contributed by atoms with van der Waals surface area (Å²) in [6.07, 6.45) is 7.39. The summed E-state index contributed by atoms with van der Waals surface area (Å²) in [5.41, 5.74) is 2.73. The van der Waals surface area contributed by atoms with Crippen molar-refractivity contribution in [3.05, 3.63) is 36.9 Å². The Labute approximate surface area is 122 Å². The number of rotatable bonds is 2. The Hall–Kier alpha value is -2.47. The quantitative estimate of drug-likeness (QED) is 0.743. The third-order valence-corrected chi connectivity index (χ3v) is 3.78. The summed E-state index contributed by atoms with van der Waals surface area (Å²) in [7, 11) is 0. The van der Waals surface area contributed by atoms with Crippen LogP contribution >= 0.6 is 0 Å². The fourth-order valence-corrected chi connectivity index (χ4v) is 2.61. The predicted molar refractivity (Wildman–Crippen MR) is 82.2 cm³/mol. The lowest BCUT2D eigenvalue weighted by molar-refractivity contribution is 0.584. The molecule has 1 saturated heterocycles. The first-order valence-electron chi connectivity index (χ1n) is 7.11. The van der Waals surface area contributed by atoms with Crippen molar-refractivity contribution in [3.8, 4) is 11.3 Å². The molecule has 0 radical (unpaired) electrons. The fourth-order valence-electron chi connectivity index (χ4n) is 2.61. The van der Waals surface area contributed by atoms with Crippen LogP contribution in [0.1, 0.15) is 0 Å². The van der Waals surface area contributed by atoms with Gasteiger partial charge in [0.15, 0.2) is 0 Å². The summed E-state index contributed by atoms with van der Waals surface area (Å²) < 4.78 is 0. The van der Waals surface area contributed by atoms with Crippen molar-refractivity contribution in [2.45, 2.75) is 0 Å². The van der Waals surface area contributed by atoms with Crippen molar-refractivity contribution >= 4 is 16.9 Å². The van der Waals surface area contributed by atoms with E-state index in [1.165, 1.54) is 0 Å².